The van der Waals surface area contributed by atoms with E-state index < -0.39 is 0 Å². The summed E-state index contributed by atoms with van der Waals surface area (Å²) in [5, 5.41) is 0. The Morgan fingerprint density at radius 1 is 1.44 bits per heavy atom. The zero-order valence-electron chi connectivity index (χ0n) is 11.0. The Kier molecular flexibility index (Phi) is 5.78. The van der Waals surface area contributed by atoms with Crippen molar-refractivity contribution >= 4 is 5.91 Å². The molecule has 3 nitrogen and oxygen atoms in total. The lowest BCUT2D eigenvalue weighted by Crippen LogP contribution is -2.34. The van der Waals surface area contributed by atoms with E-state index in [4.69, 9.17) is 5.73 Å². The number of hydrogen-bond donors (Lipinski definition) is 1. The molecule has 2 N–H and O–H groups in total. The molecule has 1 aromatic carbocycles. The summed E-state index contributed by atoms with van der Waals surface area (Å²) in [4.78, 5) is 13.6. The lowest BCUT2D eigenvalue weighted by Gasteiger charge is -2.21. The molecule has 0 fully saturated rings. The number of nitrogens with zero attached hydrogens (tertiary/aromatic N) is 1. The Balaban J connectivity index is 2.48. The number of carbonyl (C=O) groups excluding carboxylic acids is 1. The van der Waals surface area contributed by atoms with E-state index in [9.17, 15) is 9.18 Å². The summed E-state index contributed by atoms with van der Waals surface area (Å²) in [5.74, 6) is -0.217. The molecule has 100 valence electrons. The van der Waals surface area contributed by atoms with Crippen LogP contribution in [0.2, 0.25) is 0 Å². The molecule has 18 heavy (non-hydrogen) atoms. The van der Waals surface area contributed by atoms with Crippen molar-refractivity contribution in [3.8, 4) is 0 Å². The third-order valence-corrected chi connectivity index (χ3v) is 3.07. The summed E-state index contributed by atoms with van der Waals surface area (Å²) in [5.41, 5.74) is 6.07. The Bertz CT molecular complexity index is 395. The molecule has 1 rings (SSSR count). The van der Waals surface area contributed by atoms with Crippen molar-refractivity contribution in [2.75, 3.05) is 20.1 Å². The van der Waals surface area contributed by atoms with Crippen LogP contribution in [0.4, 0.5) is 4.39 Å². The zero-order valence-corrected chi connectivity index (χ0v) is 11.0. The van der Waals surface area contributed by atoms with E-state index >= 15 is 0 Å². The van der Waals surface area contributed by atoms with Gasteiger partial charge in [-0.25, -0.2) is 4.39 Å². The van der Waals surface area contributed by atoms with Gasteiger partial charge in [-0.2, -0.15) is 0 Å². The van der Waals surface area contributed by atoms with Crippen molar-refractivity contribution in [2.24, 2.45) is 11.7 Å². The third kappa shape index (κ3) is 4.11. The van der Waals surface area contributed by atoms with Crippen LogP contribution < -0.4 is 5.73 Å². The van der Waals surface area contributed by atoms with Crippen molar-refractivity contribution in [3.63, 3.8) is 0 Å². The maximum Gasteiger partial charge on any atom is 0.225 e. The number of amides is 1. The Labute approximate surface area is 108 Å². The second-order valence-corrected chi connectivity index (χ2v) is 4.58. The molecule has 1 atom stereocenters. The minimum Gasteiger partial charge on any atom is -0.345 e. The molecule has 0 saturated heterocycles. The maximum atomic E-state index is 13.4. The van der Waals surface area contributed by atoms with Crippen LogP contribution >= 0.6 is 0 Å². The average Bonchev–Trinajstić information content (AvgIpc) is 2.36. The molecular weight excluding hydrogens is 231 g/mol. The van der Waals surface area contributed by atoms with E-state index in [0.717, 1.165) is 0 Å². The Hall–Kier alpha value is -1.42. The van der Waals surface area contributed by atoms with E-state index in [2.05, 4.69) is 0 Å². The second-order valence-electron chi connectivity index (χ2n) is 4.58. The standard InChI is InChI=1S/C14H21FN2O/c1-11(7-9-16)14(18)17(2)10-8-12-5-3-4-6-13(12)15/h3-6,11H,7-10,16H2,1-2H3. The highest BCUT2D eigenvalue weighted by molar-refractivity contribution is 5.78. The molecule has 1 aromatic rings. The molecule has 0 bridgehead atoms. The molecule has 0 spiro atoms. The van der Waals surface area contributed by atoms with E-state index in [-0.39, 0.29) is 17.6 Å². The van der Waals surface area contributed by atoms with E-state index in [1.807, 2.05) is 6.92 Å². The van der Waals surface area contributed by atoms with Gasteiger partial charge in [0, 0.05) is 19.5 Å². The van der Waals surface area contributed by atoms with Crippen LogP contribution in [0.25, 0.3) is 0 Å². The zero-order chi connectivity index (χ0) is 13.5. The highest BCUT2D eigenvalue weighted by Gasteiger charge is 2.16. The fourth-order valence-electron chi connectivity index (χ4n) is 1.85. The van der Waals surface area contributed by atoms with Gasteiger partial charge in [0.1, 0.15) is 5.82 Å². The van der Waals surface area contributed by atoms with E-state index in [1.54, 1.807) is 30.1 Å². The molecular formula is C14H21FN2O. The van der Waals surface area contributed by atoms with E-state index in [1.165, 1.54) is 6.07 Å². The molecule has 0 radical (unpaired) electrons. The second kappa shape index (κ2) is 7.11. The number of carbonyl (C=O) groups is 1. The number of likely N-dealkylation sites (N-methyl/N-ethyl adjacent to an activating group) is 1. The highest BCUT2D eigenvalue weighted by Crippen LogP contribution is 2.09. The van der Waals surface area contributed by atoms with Gasteiger partial charge in [0.25, 0.3) is 0 Å². The van der Waals surface area contributed by atoms with Gasteiger partial charge in [-0.3, -0.25) is 4.79 Å². The molecule has 0 aliphatic rings. The molecule has 0 aromatic heterocycles. The lowest BCUT2D eigenvalue weighted by molar-refractivity contribution is -0.133. The van der Waals surface area contributed by atoms with Gasteiger partial charge >= 0.3 is 0 Å². The van der Waals surface area contributed by atoms with Crippen molar-refractivity contribution < 1.29 is 9.18 Å². The first-order valence-electron chi connectivity index (χ1n) is 6.24. The molecule has 1 unspecified atom stereocenters. The molecule has 1 amide bonds. The summed E-state index contributed by atoms with van der Waals surface area (Å²) in [7, 11) is 1.75. The monoisotopic (exact) mass is 252 g/mol. The van der Waals surface area contributed by atoms with Crippen LogP contribution in [0.15, 0.2) is 24.3 Å². The predicted molar refractivity (Wildman–Crippen MR) is 70.6 cm³/mol. The third-order valence-electron chi connectivity index (χ3n) is 3.07. The van der Waals surface area contributed by atoms with Crippen molar-refractivity contribution in [2.45, 2.75) is 19.8 Å². The molecule has 0 aliphatic heterocycles. The number of hydrogen-bond acceptors (Lipinski definition) is 2. The quantitative estimate of drug-likeness (QED) is 0.839. The maximum absolute atomic E-state index is 13.4. The largest absolute Gasteiger partial charge is 0.345 e. The smallest absolute Gasteiger partial charge is 0.225 e. The van der Waals surface area contributed by atoms with Crippen molar-refractivity contribution in [1.29, 1.82) is 0 Å². The summed E-state index contributed by atoms with van der Waals surface area (Å²) >= 11 is 0. The normalized spacial score (nSPS) is 12.2. The predicted octanol–water partition coefficient (Wildman–Crippen LogP) is 1.81. The van der Waals surface area contributed by atoms with Crippen molar-refractivity contribution in [1.82, 2.24) is 4.90 Å². The summed E-state index contributed by atoms with van der Waals surface area (Å²) < 4.78 is 13.4. The first-order chi connectivity index (χ1) is 8.56. The first-order valence-corrected chi connectivity index (χ1v) is 6.24. The molecule has 4 heteroatoms. The lowest BCUT2D eigenvalue weighted by atomic mass is 10.1. The topological polar surface area (TPSA) is 46.3 Å². The average molecular weight is 252 g/mol. The van der Waals surface area contributed by atoms with Crippen LogP contribution in [0.3, 0.4) is 0 Å². The minimum absolute atomic E-state index is 0.0665. The fourth-order valence-corrected chi connectivity index (χ4v) is 1.85. The van der Waals surface area contributed by atoms with Gasteiger partial charge in [-0.1, -0.05) is 25.1 Å². The van der Waals surface area contributed by atoms with Crippen LogP contribution in [0.1, 0.15) is 18.9 Å². The molecule has 0 heterocycles. The molecule has 0 aliphatic carbocycles. The first kappa shape index (κ1) is 14.6. The summed E-state index contributed by atoms with van der Waals surface area (Å²) in [6.45, 7) is 2.90. The SMILES string of the molecule is CC(CCN)C(=O)N(C)CCc1ccccc1F. The van der Waals surface area contributed by atoms with Gasteiger partial charge in [0.05, 0.1) is 0 Å². The van der Waals surface area contributed by atoms with Gasteiger partial charge in [0.15, 0.2) is 0 Å². The summed E-state index contributed by atoms with van der Waals surface area (Å²) in [6, 6.07) is 6.65. The number of benzene rings is 1. The van der Waals surface area contributed by atoms with Crippen LogP contribution in [-0.4, -0.2) is 30.9 Å². The number of nitrogens with two attached hydrogens (primary N) is 1. The Morgan fingerprint density at radius 3 is 2.72 bits per heavy atom. The minimum atomic E-state index is -0.214. The Morgan fingerprint density at radius 2 is 2.11 bits per heavy atom. The van der Waals surface area contributed by atoms with Gasteiger partial charge in [-0.05, 0) is 31.0 Å². The van der Waals surface area contributed by atoms with Crippen LogP contribution in [0.5, 0.6) is 0 Å². The van der Waals surface area contributed by atoms with E-state index in [0.29, 0.717) is 31.5 Å². The number of halogens is 1. The molecule has 0 saturated carbocycles. The van der Waals surface area contributed by atoms with Gasteiger partial charge < -0.3 is 10.6 Å². The highest BCUT2D eigenvalue weighted by atomic mass is 19.1. The van der Waals surface area contributed by atoms with Gasteiger partial charge in [0.2, 0.25) is 5.91 Å². The summed E-state index contributed by atoms with van der Waals surface area (Å²) in [6.07, 6.45) is 1.22. The number of rotatable bonds is 6. The van der Waals surface area contributed by atoms with Gasteiger partial charge in [-0.15, -0.1) is 0 Å². The van der Waals surface area contributed by atoms with Crippen LogP contribution in [-0.2, 0) is 11.2 Å². The van der Waals surface area contributed by atoms with Crippen LogP contribution in [0, 0.1) is 11.7 Å². The van der Waals surface area contributed by atoms with Crippen molar-refractivity contribution in [3.05, 3.63) is 35.6 Å². The fraction of sp³-hybridized carbons (Fsp3) is 0.500.